The van der Waals surface area contributed by atoms with Gasteiger partial charge >= 0.3 is 0 Å². The maximum Gasteiger partial charge on any atom is 0.222 e. The van der Waals surface area contributed by atoms with Crippen LogP contribution in [-0.4, -0.2) is 74.0 Å². The highest BCUT2D eigenvalue weighted by molar-refractivity contribution is 5.78. The topological polar surface area (TPSA) is 36.0 Å². The minimum Gasteiger partial charge on any atom is -0.492 e. The van der Waals surface area contributed by atoms with Gasteiger partial charge in [-0.3, -0.25) is 9.69 Å². The molecule has 2 heterocycles. The lowest BCUT2D eigenvalue weighted by Gasteiger charge is -2.26. The summed E-state index contributed by atoms with van der Waals surface area (Å²) in [5.41, 5.74) is 1.23. The van der Waals surface area contributed by atoms with Crippen molar-refractivity contribution in [2.45, 2.75) is 32.2 Å². The van der Waals surface area contributed by atoms with E-state index in [4.69, 9.17) is 4.74 Å². The maximum absolute atomic E-state index is 11.7. The van der Waals surface area contributed by atoms with Crippen LogP contribution in [0, 0.1) is 5.92 Å². The first-order valence-electron chi connectivity index (χ1n) is 9.97. The molecule has 5 nitrogen and oxygen atoms in total. The lowest BCUT2D eigenvalue weighted by Crippen LogP contribution is -2.33. The van der Waals surface area contributed by atoms with Crippen molar-refractivity contribution in [3.05, 3.63) is 29.8 Å². The van der Waals surface area contributed by atoms with Gasteiger partial charge in [0.15, 0.2) is 0 Å². The van der Waals surface area contributed by atoms with Crippen LogP contribution in [0.5, 0.6) is 5.75 Å². The van der Waals surface area contributed by atoms with E-state index in [-0.39, 0.29) is 5.91 Å². The molecule has 0 bridgehead atoms. The molecule has 2 aliphatic rings. The van der Waals surface area contributed by atoms with Crippen molar-refractivity contribution in [2.24, 2.45) is 5.92 Å². The minimum atomic E-state index is 0.268. The Balaban J connectivity index is 1.47. The fraction of sp³-hybridized carbons (Fsp3) is 0.667. The Kier molecular flexibility index (Phi) is 6.92. The highest BCUT2D eigenvalue weighted by atomic mass is 16.5. The van der Waals surface area contributed by atoms with Gasteiger partial charge in [0.1, 0.15) is 12.4 Å². The summed E-state index contributed by atoms with van der Waals surface area (Å²) in [5, 5.41) is 0. The molecule has 2 saturated heterocycles. The summed E-state index contributed by atoms with van der Waals surface area (Å²) in [6.45, 7) is 6.86. The second-order valence-electron chi connectivity index (χ2n) is 7.90. The van der Waals surface area contributed by atoms with Crippen molar-refractivity contribution in [3.63, 3.8) is 0 Å². The Bertz CT molecular complexity index is 586. The first-order valence-corrected chi connectivity index (χ1v) is 9.97. The molecule has 1 aromatic carbocycles. The number of amides is 1. The van der Waals surface area contributed by atoms with E-state index < -0.39 is 0 Å². The van der Waals surface area contributed by atoms with Crippen molar-refractivity contribution in [1.82, 2.24) is 14.7 Å². The quantitative estimate of drug-likeness (QED) is 0.714. The summed E-state index contributed by atoms with van der Waals surface area (Å²) in [7, 11) is 4.03. The zero-order valence-electron chi connectivity index (χ0n) is 16.3. The van der Waals surface area contributed by atoms with Gasteiger partial charge in [0, 0.05) is 45.2 Å². The van der Waals surface area contributed by atoms with Gasteiger partial charge in [-0.15, -0.1) is 0 Å². The normalized spacial score (nSPS) is 21.6. The van der Waals surface area contributed by atoms with Crippen LogP contribution in [0.1, 0.15) is 31.2 Å². The molecule has 144 valence electrons. The number of carbonyl (C=O) groups excluding carboxylic acids is 1. The highest BCUT2D eigenvalue weighted by Gasteiger charge is 2.27. The van der Waals surface area contributed by atoms with Gasteiger partial charge < -0.3 is 14.5 Å². The zero-order chi connectivity index (χ0) is 18.4. The molecule has 2 fully saturated rings. The minimum absolute atomic E-state index is 0.268. The van der Waals surface area contributed by atoms with Gasteiger partial charge in [-0.05, 0) is 45.0 Å². The number of hydrogen-bond donors (Lipinski definition) is 0. The smallest absolute Gasteiger partial charge is 0.222 e. The summed E-state index contributed by atoms with van der Waals surface area (Å²) in [6, 6.07) is 8.35. The molecule has 1 aromatic rings. The molecular weight excluding hydrogens is 326 g/mol. The lowest BCUT2D eigenvalue weighted by molar-refractivity contribution is -0.126. The summed E-state index contributed by atoms with van der Waals surface area (Å²) >= 11 is 0. The van der Waals surface area contributed by atoms with Crippen molar-refractivity contribution in [3.8, 4) is 5.75 Å². The van der Waals surface area contributed by atoms with Crippen molar-refractivity contribution >= 4 is 5.91 Å². The van der Waals surface area contributed by atoms with E-state index in [0.29, 0.717) is 12.3 Å². The number of rotatable bonds is 8. The fourth-order valence-electron chi connectivity index (χ4n) is 4.12. The van der Waals surface area contributed by atoms with Gasteiger partial charge in [-0.25, -0.2) is 0 Å². The maximum atomic E-state index is 11.7. The molecule has 5 heteroatoms. The average Bonchev–Trinajstić information content (AvgIpc) is 2.94. The second-order valence-corrected chi connectivity index (χ2v) is 7.90. The largest absolute Gasteiger partial charge is 0.492 e. The molecular formula is C21H33N3O2. The van der Waals surface area contributed by atoms with Crippen LogP contribution < -0.4 is 4.74 Å². The SMILES string of the molecule is CN(Cc1ccccc1OCCN1CCCCC1)CC1CC(=O)N(C)C1. The summed E-state index contributed by atoms with van der Waals surface area (Å²) < 4.78 is 6.11. The molecule has 0 spiro atoms. The number of hydrogen-bond acceptors (Lipinski definition) is 4. The van der Waals surface area contributed by atoms with Crippen molar-refractivity contribution in [2.75, 3.05) is 53.4 Å². The fourth-order valence-corrected chi connectivity index (χ4v) is 4.12. The van der Waals surface area contributed by atoms with Crippen LogP contribution in [0.15, 0.2) is 24.3 Å². The van der Waals surface area contributed by atoms with Crippen LogP contribution in [0.4, 0.5) is 0 Å². The number of benzene rings is 1. The summed E-state index contributed by atoms with van der Waals surface area (Å²) in [4.78, 5) is 18.4. The highest BCUT2D eigenvalue weighted by Crippen LogP contribution is 2.22. The predicted octanol–water partition coefficient (Wildman–Crippen LogP) is 2.46. The van der Waals surface area contributed by atoms with Gasteiger partial charge in [0.05, 0.1) is 0 Å². The van der Waals surface area contributed by atoms with E-state index in [0.717, 1.165) is 38.5 Å². The number of carbonyl (C=O) groups is 1. The second kappa shape index (κ2) is 9.38. The Morgan fingerprint density at radius 1 is 1.19 bits per heavy atom. The van der Waals surface area contributed by atoms with Crippen LogP contribution in [0.25, 0.3) is 0 Å². The van der Waals surface area contributed by atoms with E-state index in [9.17, 15) is 4.79 Å². The molecule has 26 heavy (non-hydrogen) atoms. The van der Waals surface area contributed by atoms with Crippen LogP contribution in [0.3, 0.4) is 0 Å². The van der Waals surface area contributed by atoms with Crippen molar-refractivity contribution < 1.29 is 9.53 Å². The molecule has 0 radical (unpaired) electrons. The molecule has 0 aliphatic carbocycles. The van der Waals surface area contributed by atoms with Gasteiger partial charge in [-0.1, -0.05) is 24.6 Å². The number of ether oxygens (including phenoxy) is 1. The summed E-state index contributed by atoms with van der Waals surface area (Å²) in [5.74, 6) is 1.70. The monoisotopic (exact) mass is 359 g/mol. The third-order valence-corrected chi connectivity index (χ3v) is 5.52. The van der Waals surface area contributed by atoms with Gasteiger partial charge in [0.2, 0.25) is 5.91 Å². The van der Waals surface area contributed by atoms with Gasteiger partial charge in [0.25, 0.3) is 0 Å². The van der Waals surface area contributed by atoms with E-state index in [1.165, 1.54) is 37.9 Å². The third-order valence-electron chi connectivity index (χ3n) is 5.52. The first kappa shape index (κ1) is 19.2. The third kappa shape index (κ3) is 5.45. The Morgan fingerprint density at radius 2 is 1.96 bits per heavy atom. The number of piperidine rings is 1. The van der Waals surface area contributed by atoms with E-state index in [2.05, 4.69) is 35.0 Å². The zero-order valence-corrected chi connectivity index (χ0v) is 16.3. The predicted molar refractivity (Wildman–Crippen MR) is 104 cm³/mol. The van der Waals surface area contributed by atoms with Crippen LogP contribution in [0.2, 0.25) is 0 Å². The molecule has 1 atom stereocenters. The lowest BCUT2D eigenvalue weighted by atomic mass is 10.1. The Morgan fingerprint density at radius 3 is 2.69 bits per heavy atom. The van der Waals surface area contributed by atoms with Crippen molar-refractivity contribution in [1.29, 1.82) is 0 Å². The Hall–Kier alpha value is -1.59. The van der Waals surface area contributed by atoms with Crippen LogP contribution in [-0.2, 0) is 11.3 Å². The van der Waals surface area contributed by atoms with Crippen LogP contribution >= 0.6 is 0 Å². The molecule has 0 saturated carbocycles. The first-order chi connectivity index (χ1) is 12.6. The number of nitrogens with zero attached hydrogens (tertiary/aromatic N) is 3. The Labute approximate surface area is 157 Å². The van der Waals surface area contributed by atoms with E-state index >= 15 is 0 Å². The average molecular weight is 360 g/mol. The summed E-state index contributed by atoms with van der Waals surface area (Å²) in [6.07, 6.45) is 4.68. The molecule has 3 rings (SSSR count). The molecule has 0 aromatic heterocycles. The molecule has 1 amide bonds. The molecule has 1 unspecified atom stereocenters. The standard InChI is InChI=1S/C21H33N3O2/c1-22(15-18-14-21(25)23(2)16-18)17-19-8-4-5-9-20(19)26-13-12-24-10-6-3-7-11-24/h4-5,8-9,18H,3,6-7,10-17H2,1-2H3. The van der Waals surface area contributed by atoms with E-state index in [1.807, 2.05) is 18.0 Å². The van der Waals surface area contributed by atoms with Gasteiger partial charge in [-0.2, -0.15) is 0 Å². The number of para-hydroxylation sites is 1. The molecule has 2 aliphatic heterocycles. The number of likely N-dealkylation sites (tertiary alicyclic amines) is 2. The van der Waals surface area contributed by atoms with E-state index in [1.54, 1.807) is 0 Å². The molecule has 0 N–H and O–H groups in total.